The molecule has 0 amide bonds. The van der Waals surface area contributed by atoms with Gasteiger partial charge in [0.15, 0.2) is 0 Å². The Morgan fingerprint density at radius 3 is 2.37 bits per heavy atom. The number of hydrogen-bond acceptors (Lipinski definition) is 2. The fraction of sp³-hybridized carbons (Fsp3) is 1.00. The lowest BCUT2D eigenvalue weighted by molar-refractivity contribution is 0.175. The lowest BCUT2D eigenvalue weighted by Gasteiger charge is -2.31. The minimum Gasteiger partial charge on any atom is -0.314 e. The maximum atomic E-state index is 3.60. The van der Waals surface area contributed by atoms with Crippen molar-refractivity contribution in [3.63, 3.8) is 0 Å². The van der Waals surface area contributed by atoms with Crippen LogP contribution in [0.2, 0.25) is 0 Å². The quantitative estimate of drug-likeness (QED) is 0.605. The Bertz CT molecular complexity index is 217. The molecule has 1 saturated heterocycles. The number of rotatable bonds is 10. The molecule has 19 heavy (non-hydrogen) atoms. The average Bonchev–Trinajstić information content (AvgIpc) is 3.24. The van der Waals surface area contributed by atoms with Gasteiger partial charge in [0.1, 0.15) is 0 Å². The SMILES string of the molecule is CCCC1CCN(CCCCCCNC2CC2)CC1. The highest BCUT2D eigenvalue weighted by Crippen LogP contribution is 2.22. The summed E-state index contributed by atoms with van der Waals surface area (Å²) in [7, 11) is 0. The van der Waals surface area contributed by atoms with Crippen LogP contribution in [0.15, 0.2) is 0 Å². The van der Waals surface area contributed by atoms with E-state index in [2.05, 4.69) is 17.1 Å². The van der Waals surface area contributed by atoms with Gasteiger partial charge in [0, 0.05) is 6.04 Å². The van der Waals surface area contributed by atoms with Gasteiger partial charge in [-0.15, -0.1) is 0 Å². The molecule has 2 fully saturated rings. The number of nitrogens with one attached hydrogen (secondary N) is 1. The van der Waals surface area contributed by atoms with E-state index >= 15 is 0 Å². The van der Waals surface area contributed by atoms with Gasteiger partial charge in [-0.2, -0.15) is 0 Å². The summed E-state index contributed by atoms with van der Waals surface area (Å²) in [5.41, 5.74) is 0. The molecule has 0 spiro atoms. The van der Waals surface area contributed by atoms with E-state index in [1.807, 2.05) is 0 Å². The first-order chi connectivity index (χ1) is 9.38. The third kappa shape index (κ3) is 6.76. The van der Waals surface area contributed by atoms with Gasteiger partial charge in [-0.05, 0) is 70.6 Å². The van der Waals surface area contributed by atoms with Crippen LogP contribution in [0.3, 0.4) is 0 Å². The first kappa shape index (κ1) is 15.3. The Labute approximate surface area is 120 Å². The molecule has 0 bridgehead atoms. The highest BCUT2D eigenvalue weighted by molar-refractivity contribution is 4.80. The molecule has 0 aromatic heterocycles. The van der Waals surface area contributed by atoms with Crippen LogP contribution in [-0.2, 0) is 0 Å². The number of piperidine rings is 1. The van der Waals surface area contributed by atoms with Crippen molar-refractivity contribution in [1.82, 2.24) is 10.2 Å². The fourth-order valence-electron chi connectivity index (χ4n) is 3.31. The van der Waals surface area contributed by atoms with E-state index in [4.69, 9.17) is 0 Å². The summed E-state index contributed by atoms with van der Waals surface area (Å²) in [4.78, 5) is 2.70. The summed E-state index contributed by atoms with van der Waals surface area (Å²) in [6.45, 7) is 7.67. The third-order valence-electron chi connectivity index (χ3n) is 4.82. The van der Waals surface area contributed by atoms with Gasteiger partial charge in [-0.1, -0.05) is 32.6 Å². The standard InChI is InChI=1S/C17H34N2/c1-2-7-16-10-14-19(15-11-16)13-6-4-3-5-12-18-17-8-9-17/h16-18H,2-15H2,1H3. The number of likely N-dealkylation sites (tertiary alicyclic amines) is 1. The van der Waals surface area contributed by atoms with Crippen molar-refractivity contribution in [1.29, 1.82) is 0 Å². The smallest absolute Gasteiger partial charge is 0.00682 e. The normalized spacial score (nSPS) is 21.9. The van der Waals surface area contributed by atoms with Crippen LogP contribution in [0, 0.1) is 5.92 Å². The van der Waals surface area contributed by atoms with E-state index in [9.17, 15) is 0 Å². The molecule has 0 aromatic carbocycles. The zero-order valence-electron chi connectivity index (χ0n) is 13.0. The summed E-state index contributed by atoms with van der Waals surface area (Å²) in [5.74, 6) is 1.04. The first-order valence-corrected chi connectivity index (χ1v) is 8.84. The van der Waals surface area contributed by atoms with Crippen molar-refractivity contribution >= 4 is 0 Å². The fourth-order valence-corrected chi connectivity index (χ4v) is 3.31. The number of nitrogens with zero attached hydrogens (tertiary/aromatic N) is 1. The molecule has 2 heteroatoms. The van der Waals surface area contributed by atoms with Gasteiger partial charge in [-0.25, -0.2) is 0 Å². The Morgan fingerprint density at radius 1 is 0.947 bits per heavy atom. The predicted molar refractivity (Wildman–Crippen MR) is 83.6 cm³/mol. The van der Waals surface area contributed by atoms with Crippen LogP contribution < -0.4 is 5.32 Å². The van der Waals surface area contributed by atoms with Crippen LogP contribution in [0.4, 0.5) is 0 Å². The van der Waals surface area contributed by atoms with Gasteiger partial charge in [-0.3, -0.25) is 0 Å². The molecule has 112 valence electrons. The van der Waals surface area contributed by atoms with Gasteiger partial charge >= 0.3 is 0 Å². The Balaban J connectivity index is 1.37. The predicted octanol–water partition coefficient (Wildman–Crippen LogP) is 3.81. The van der Waals surface area contributed by atoms with Crippen molar-refractivity contribution < 1.29 is 0 Å². The molecule has 0 aromatic rings. The molecular formula is C17H34N2. The van der Waals surface area contributed by atoms with E-state index < -0.39 is 0 Å². The summed E-state index contributed by atoms with van der Waals surface area (Å²) in [6, 6.07) is 0.893. The Morgan fingerprint density at radius 2 is 1.68 bits per heavy atom. The minimum atomic E-state index is 0.893. The van der Waals surface area contributed by atoms with Crippen LogP contribution in [0.25, 0.3) is 0 Å². The van der Waals surface area contributed by atoms with Crippen molar-refractivity contribution in [2.24, 2.45) is 5.92 Å². The maximum absolute atomic E-state index is 3.60. The van der Waals surface area contributed by atoms with Crippen LogP contribution in [-0.4, -0.2) is 37.1 Å². The Hall–Kier alpha value is -0.0800. The molecule has 1 aliphatic heterocycles. The molecule has 2 rings (SSSR count). The molecule has 1 heterocycles. The van der Waals surface area contributed by atoms with E-state index in [-0.39, 0.29) is 0 Å². The molecule has 1 saturated carbocycles. The molecule has 1 N–H and O–H groups in total. The minimum absolute atomic E-state index is 0.893. The second-order valence-corrected chi connectivity index (χ2v) is 6.72. The molecular weight excluding hydrogens is 232 g/mol. The topological polar surface area (TPSA) is 15.3 Å². The lowest BCUT2D eigenvalue weighted by atomic mass is 9.92. The van der Waals surface area contributed by atoms with Crippen LogP contribution in [0.5, 0.6) is 0 Å². The zero-order chi connectivity index (χ0) is 13.3. The monoisotopic (exact) mass is 266 g/mol. The molecule has 2 nitrogen and oxygen atoms in total. The van der Waals surface area contributed by atoms with Gasteiger partial charge in [0.2, 0.25) is 0 Å². The summed E-state index contributed by atoms with van der Waals surface area (Å²) in [5, 5.41) is 3.60. The van der Waals surface area contributed by atoms with Crippen molar-refractivity contribution in [2.75, 3.05) is 26.2 Å². The van der Waals surface area contributed by atoms with E-state index in [1.54, 1.807) is 0 Å². The first-order valence-electron chi connectivity index (χ1n) is 8.84. The third-order valence-corrected chi connectivity index (χ3v) is 4.82. The molecule has 2 aliphatic rings. The molecule has 0 atom stereocenters. The van der Waals surface area contributed by atoms with Crippen LogP contribution >= 0.6 is 0 Å². The molecule has 0 radical (unpaired) electrons. The average molecular weight is 266 g/mol. The number of hydrogen-bond donors (Lipinski definition) is 1. The maximum Gasteiger partial charge on any atom is 0.00682 e. The van der Waals surface area contributed by atoms with Crippen LogP contribution in [0.1, 0.15) is 71.1 Å². The molecule has 1 aliphatic carbocycles. The largest absolute Gasteiger partial charge is 0.314 e. The van der Waals surface area contributed by atoms with Gasteiger partial charge in [0.05, 0.1) is 0 Å². The van der Waals surface area contributed by atoms with Crippen molar-refractivity contribution in [3.05, 3.63) is 0 Å². The summed E-state index contributed by atoms with van der Waals surface area (Å²) < 4.78 is 0. The van der Waals surface area contributed by atoms with E-state index in [0.29, 0.717) is 0 Å². The number of unbranched alkanes of at least 4 members (excludes halogenated alkanes) is 3. The second-order valence-electron chi connectivity index (χ2n) is 6.72. The Kier molecular flexibility index (Phi) is 7.23. The zero-order valence-corrected chi connectivity index (χ0v) is 13.0. The highest BCUT2D eigenvalue weighted by Gasteiger charge is 2.19. The van der Waals surface area contributed by atoms with E-state index in [1.165, 1.54) is 90.4 Å². The van der Waals surface area contributed by atoms with Gasteiger partial charge in [0.25, 0.3) is 0 Å². The highest BCUT2D eigenvalue weighted by atomic mass is 15.1. The summed E-state index contributed by atoms with van der Waals surface area (Å²) in [6.07, 6.45) is 14.3. The van der Waals surface area contributed by atoms with Crippen molar-refractivity contribution in [3.8, 4) is 0 Å². The second kappa shape index (κ2) is 8.97. The lowest BCUT2D eigenvalue weighted by Crippen LogP contribution is -2.34. The van der Waals surface area contributed by atoms with E-state index in [0.717, 1.165) is 12.0 Å². The van der Waals surface area contributed by atoms with Crippen molar-refractivity contribution in [2.45, 2.75) is 77.2 Å². The van der Waals surface area contributed by atoms with Gasteiger partial charge < -0.3 is 10.2 Å². The summed E-state index contributed by atoms with van der Waals surface area (Å²) >= 11 is 0. The molecule has 0 unspecified atom stereocenters.